The summed E-state index contributed by atoms with van der Waals surface area (Å²) in [6.45, 7) is 1.96. The fraction of sp³-hybridized carbons (Fsp3) is 0.333. The Balaban J connectivity index is 1.54. The summed E-state index contributed by atoms with van der Waals surface area (Å²) >= 11 is 0. The molecule has 1 aliphatic rings. The van der Waals surface area contributed by atoms with E-state index in [4.69, 9.17) is 0 Å². The summed E-state index contributed by atoms with van der Waals surface area (Å²) in [5.41, 5.74) is 4.47. The van der Waals surface area contributed by atoms with E-state index in [1.54, 1.807) is 0 Å². The summed E-state index contributed by atoms with van der Waals surface area (Å²) in [5.74, 6) is -0.541. The molecule has 2 N–H and O–H groups in total. The van der Waals surface area contributed by atoms with Gasteiger partial charge in [-0.15, -0.1) is 0 Å². The van der Waals surface area contributed by atoms with E-state index < -0.39 is 0 Å². The summed E-state index contributed by atoms with van der Waals surface area (Å²) in [4.78, 5) is 24.5. The number of amides is 2. The van der Waals surface area contributed by atoms with E-state index in [0.717, 1.165) is 24.1 Å². The highest BCUT2D eigenvalue weighted by Crippen LogP contribution is 2.24. The van der Waals surface area contributed by atoms with E-state index in [1.807, 2.05) is 49.4 Å². The van der Waals surface area contributed by atoms with E-state index in [1.165, 1.54) is 17.5 Å². The standard InChI is InChI=1S/C21H24N2O2/c1-2-19(16-7-4-3-5-8-16)21(25)22-14-20(24)23-18-12-11-15-9-6-10-17(15)13-18/h3-5,7-8,11-13,19H,2,6,9-10,14H2,1H3,(H,22,25)(H,23,24). The SMILES string of the molecule is CCC(C(=O)NCC(=O)Nc1ccc2c(c1)CCC2)c1ccccc1. The minimum atomic E-state index is -0.228. The lowest BCUT2D eigenvalue weighted by Crippen LogP contribution is -2.35. The van der Waals surface area contributed by atoms with Crippen molar-refractivity contribution in [1.82, 2.24) is 5.32 Å². The van der Waals surface area contributed by atoms with Gasteiger partial charge in [0, 0.05) is 5.69 Å². The molecule has 0 heterocycles. The van der Waals surface area contributed by atoms with E-state index in [2.05, 4.69) is 16.7 Å². The molecule has 2 aromatic rings. The van der Waals surface area contributed by atoms with Crippen molar-refractivity contribution >= 4 is 17.5 Å². The Morgan fingerprint density at radius 2 is 1.80 bits per heavy atom. The van der Waals surface area contributed by atoms with Gasteiger partial charge in [-0.1, -0.05) is 43.3 Å². The summed E-state index contributed by atoms with van der Waals surface area (Å²) < 4.78 is 0. The fourth-order valence-corrected chi connectivity index (χ4v) is 3.40. The third-order valence-corrected chi connectivity index (χ3v) is 4.73. The Bertz CT molecular complexity index is 756. The Kier molecular flexibility index (Phi) is 5.49. The second-order valence-corrected chi connectivity index (χ2v) is 6.47. The quantitative estimate of drug-likeness (QED) is 0.849. The number of nitrogens with one attached hydrogen (secondary N) is 2. The highest BCUT2D eigenvalue weighted by Gasteiger charge is 2.19. The van der Waals surface area contributed by atoms with Crippen LogP contribution in [-0.4, -0.2) is 18.4 Å². The van der Waals surface area contributed by atoms with Crippen LogP contribution in [0.3, 0.4) is 0 Å². The lowest BCUT2D eigenvalue weighted by atomic mass is 9.96. The van der Waals surface area contributed by atoms with Gasteiger partial charge in [0.05, 0.1) is 12.5 Å². The third kappa shape index (κ3) is 4.27. The van der Waals surface area contributed by atoms with Gasteiger partial charge in [0.2, 0.25) is 11.8 Å². The number of anilines is 1. The molecule has 4 nitrogen and oxygen atoms in total. The minimum Gasteiger partial charge on any atom is -0.346 e. The summed E-state index contributed by atoms with van der Waals surface area (Å²) in [7, 11) is 0. The molecule has 130 valence electrons. The summed E-state index contributed by atoms with van der Waals surface area (Å²) in [6.07, 6.45) is 4.07. The number of rotatable bonds is 6. The molecule has 0 bridgehead atoms. The average Bonchev–Trinajstić information content (AvgIpc) is 3.09. The smallest absolute Gasteiger partial charge is 0.243 e. The van der Waals surface area contributed by atoms with E-state index >= 15 is 0 Å². The minimum absolute atomic E-state index is 0.0146. The molecule has 0 aliphatic heterocycles. The largest absolute Gasteiger partial charge is 0.346 e. The second-order valence-electron chi connectivity index (χ2n) is 6.47. The zero-order chi connectivity index (χ0) is 17.6. The molecule has 1 atom stereocenters. The Morgan fingerprint density at radius 1 is 1.04 bits per heavy atom. The summed E-state index contributed by atoms with van der Waals surface area (Å²) in [5, 5.41) is 5.62. The van der Waals surface area contributed by atoms with Gasteiger partial charge in [0.25, 0.3) is 0 Å². The molecule has 0 fully saturated rings. The van der Waals surface area contributed by atoms with E-state index in [-0.39, 0.29) is 24.3 Å². The van der Waals surface area contributed by atoms with Gasteiger partial charge in [-0.25, -0.2) is 0 Å². The molecule has 0 saturated carbocycles. The molecule has 2 amide bonds. The molecule has 0 saturated heterocycles. The Hall–Kier alpha value is -2.62. The van der Waals surface area contributed by atoms with Gasteiger partial charge in [-0.05, 0) is 54.5 Å². The van der Waals surface area contributed by atoms with Crippen LogP contribution in [-0.2, 0) is 22.4 Å². The maximum Gasteiger partial charge on any atom is 0.243 e. The number of benzene rings is 2. The van der Waals surface area contributed by atoms with Crippen molar-refractivity contribution in [3.8, 4) is 0 Å². The molecule has 2 aromatic carbocycles. The van der Waals surface area contributed by atoms with Crippen molar-refractivity contribution < 1.29 is 9.59 Å². The maximum atomic E-state index is 12.4. The van der Waals surface area contributed by atoms with Gasteiger partial charge in [-0.3, -0.25) is 9.59 Å². The third-order valence-electron chi connectivity index (χ3n) is 4.73. The van der Waals surface area contributed by atoms with Crippen LogP contribution in [0.1, 0.15) is 42.4 Å². The molecule has 0 aromatic heterocycles. The van der Waals surface area contributed by atoms with Crippen LogP contribution < -0.4 is 10.6 Å². The van der Waals surface area contributed by atoms with Crippen LogP contribution in [0.4, 0.5) is 5.69 Å². The van der Waals surface area contributed by atoms with Crippen molar-refractivity contribution in [2.45, 2.75) is 38.5 Å². The maximum absolute atomic E-state index is 12.4. The van der Waals surface area contributed by atoms with Gasteiger partial charge in [0.1, 0.15) is 0 Å². The fourth-order valence-electron chi connectivity index (χ4n) is 3.40. The predicted molar refractivity (Wildman–Crippen MR) is 99.6 cm³/mol. The molecule has 1 aliphatic carbocycles. The second kappa shape index (κ2) is 7.97. The molecule has 0 radical (unpaired) electrons. The zero-order valence-corrected chi connectivity index (χ0v) is 14.5. The predicted octanol–water partition coefficient (Wildman–Crippen LogP) is 3.42. The van der Waals surface area contributed by atoms with E-state index in [9.17, 15) is 9.59 Å². The van der Waals surface area contributed by atoms with Gasteiger partial charge in [-0.2, -0.15) is 0 Å². The Labute approximate surface area is 148 Å². The highest BCUT2D eigenvalue weighted by molar-refractivity contribution is 5.95. The average molecular weight is 336 g/mol. The first-order chi connectivity index (χ1) is 12.2. The van der Waals surface area contributed by atoms with Crippen molar-refractivity contribution in [2.24, 2.45) is 0 Å². The van der Waals surface area contributed by atoms with Crippen LogP contribution in [0.2, 0.25) is 0 Å². The molecule has 0 spiro atoms. The lowest BCUT2D eigenvalue weighted by molar-refractivity contribution is -0.125. The number of carbonyl (C=O) groups excluding carboxylic acids is 2. The van der Waals surface area contributed by atoms with Crippen molar-refractivity contribution in [1.29, 1.82) is 0 Å². The first kappa shape index (κ1) is 17.2. The van der Waals surface area contributed by atoms with Crippen molar-refractivity contribution in [3.63, 3.8) is 0 Å². The molecule has 25 heavy (non-hydrogen) atoms. The van der Waals surface area contributed by atoms with Crippen LogP contribution in [0, 0.1) is 0 Å². The monoisotopic (exact) mass is 336 g/mol. The molecular weight excluding hydrogens is 312 g/mol. The van der Waals surface area contributed by atoms with Crippen LogP contribution >= 0.6 is 0 Å². The topological polar surface area (TPSA) is 58.2 Å². The molecular formula is C21H24N2O2. The van der Waals surface area contributed by atoms with Gasteiger partial charge >= 0.3 is 0 Å². The molecule has 1 unspecified atom stereocenters. The number of hydrogen-bond acceptors (Lipinski definition) is 2. The molecule has 4 heteroatoms. The first-order valence-corrected chi connectivity index (χ1v) is 8.91. The van der Waals surface area contributed by atoms with Gasteiger partial charge < -0.3 is 10.6 Å². The zero-order valence-electron chi connectivity index (χ0n) is 14.5. The number of carbonyl (C=O) groups is 2. The normalized spacial score (nSPS) is 13.8. The van der Waals surface area contributed by atoms with Crippen molar-refractivity contribution in [2.75, 3.05) is 11.9 Å². The van der Waals surface area contributed by atoms with Crippen LogP contribution in [0.15, 0.2) is 48.5 Å². The number of hydrogen-bond donors (Lipinski definition) is 2. The number of aryl methyl sites for hydroxylation is 2. The molecule has 3 rings (SSSR count). The van der Waals surface area contributed by atoms with E-state index in [0.29, 0.717) is 6.42 Å². The van der Waals surface area contributed by atoms with Crippen LogP contribution in [0.5, 0.6) is 0 Å². The lowest BCUT2D eigenvalue weighted by Gasteiger charge is -2.15. The van der Waals surface area contributed by atoms with Crippen LogP contribution in [0.25, 0.3) is 0 Å². The summed E-state index contributed by atoms with van der Waals surface area (Å²) in [6, 6.07) is 15.7. The number of fused-ring (bicyclic) bond motifs is 1. The van der Waals surface area contributed by atoms with Gasteiger partial charge in [0.15, 0.2) is 0 Å². The Morgan fingerprint density at radius 3 is 2.56 bits per heavy atom. The highest BCUT2D eigenvalue weighted by atomic mass is 16.2. The van der Waals surface area contributed by atoms with Crippen molar-refractivity contribution in [3.05, 3.63) is 65.2 Å². The first-order valence-electron chi connectivity index (χ1n) is 8.91.